The number of carboxylic acids is 1. The van der Waals surface area contributed by atoms with Crippen LogP contribution in [-0.2, 0) is 10.2 Å². The Hall–Kier alpha value is -1.42. The van der Waals surface area contributed by atoms with E-state index in [0.29, 0.717) is 12.1 Å². The van der Waals surface area contributed by atoms with Gasteiger partial charge in [-0.05, 0) is 38.0 Å². The van der Waals surface area contributed by atoms with Gasteiger partial charge in [0, 0.05) is 12.0 Å². The zero-order valence-corrected chi connectivity index (χ0v) is 12.2. The third-order valence-electron chi connectivity index (χ3n) is 3.45. The number of aryl methyl sites for hydroxylation is 1. The van der Waals surface area contributed by atoms with Crippen molar-refractivity contribution in [3.05, 3.63) is 35.1 Å². The fourth-order valence-corrected chi connectivity index (χ4v) is 1.69. The molecule has 0 atom stereocenters. The average Bonchev–Trinajstić information content (AvgIpc) is 2.30. The summed E-state index contributed by atoms with van der Waals surface area (Å²) in [4.78, 5) is 11.1. The fraction of sp³-hybridized carbons (Fsp3) is 0.533. The first-order valence-electron chi connectivity index (χ1n) is 6.31. The fourth-order valence-electron chi connectivity index (χ4n) is 1.69. The summed E-state index contributed by atoms with van der Waals surface area (Å²) in [5.74, 6) is -1.11. The molecule has 3 nitrogen and oxygen atoms in total. The SMILES string of the molecule is Cc1cc(C(C)(C)CNC(C)(C)C(=O)O)ccc1F. The summed E-state index contributed by atoms with van der Waals surface area (Å²) in [7, 11) is 0. The Morgan fingerprint density at radius 3 is 2.37 bits per heavy atom. The Labute approximate surface area is 113 Å². The maximum absolute atomic E-state index is 13.3. The smallest absolute Gasteiger partial charge is 0.323 e. The molecule has 0 aliphatic carbocycles. The van der Waals surface area contributed by atoms with Gasteiger partial charge in [0.15, 0.2) is 0 Å². The molecule has 0 fully saturated rings. The van der Waals surface area contributed by atoms with Crippen molar-refractivity contribution in [2.75, 3.05) is 6.54 Å². The van der Waals surface area contributed by atoms with Crippen LogP contribution in [-0.4, -0.2) is 23.2 Å². The first-order valence-corrected chi connectivity index (χ1v) is 6.31. The molecule has 0 saturated carbocycles. The second-order valence-corrected chi connectivity index (χ2v) is 6.13. The van der Waals surface area contributed by atoms with E-state index >= 15 is 0 Å². The summed E-state index contributed by atoms with van der Waals surface area (Å²) in [5.41, 5.74) is 0.334. The largest absolute Gasteiger partial charge is 0.480 e. The van der Waals surface area contributed by atoms with Crippen LogP contribution in [0, 0.1) is 12.7 Å². The van der Waals surface area contributed by atoms with Crippen LogP contribution in [0.4, 0.5) is 4.39 Å². The second-order valence-electron chi connectivity index (χ2n) is 6.13. The Morgan fingerprint density at radius 2 is 1.89 bits per heavy atom. The third-order valence-corrected chi connectivity index (χ3v) is 3.45. The van der Waals surface area contributed by atoms with E-state index < -0.39 is 11.5 Å². The molecular weight excluding hydrogens is 245 g/mol. The first kappa shape index (κ1) is 15.6. The predicted octanol–water partition coefficient (Wildman–Crippen LogP) is 2.86. The lowest BCUT2D eigenvalue weighted by atomic mass is 9.83. The minimum absolute atomic E-state index is 0.224. The van der Waals surface area contributed by atoms with E-state index in [1.165, 1.54) is 6.07 Å². The highest BCUT2D eigenvalue weighted by molar-refractivity contribution is 5.77. The molecule has 106 valence electrons. The number of halogens is 1. The maximum Gasteiger partial charge on any atom is 0.323 e. The highest BCUT2D eigenvalue weighted by Gasteiger charge is 2.30. The molecule has 0 aliphatic heterocycles. The lowest BCUT2D eigenvalue weighted by Gasteiger charge is -2.31. The number of hydrogen-bond donors (Lipinski definition) is 2. The summed E-state index contributed by atoms with van der Waals surface area (Å²) in [5, 5.41) is 12.1. The van der Waals surface area contributed by atoms with E-state index in [1.807, 2.05) is 19.9 Å². The Bertz CT molecular complexity index is 481. The van der Waals surface area contributed by atoms with Crippen LogP contribution >= 0.6 is 0 Å². The first-order chi connectivity index (χ1) is 8.56. The van der Waals surface area contributed by atoms with E-state index in [4.69, 9.17) is 5.11 Å². The Kier molecular flexibility index (Phi) is 4.35. The third kappa shape index (κ3) is 3.77. The van der Waals surface area contributed by atoms with E-state index in [1.54, 1.807) is 26.8 Å². The van der Waals surface area contributed by atoms with Crippen LogP contribution in [0.2, 0.25) is 0 Å². The molecule has 4 heteroatoms. The van der Waals surface area contributed by atoms with E-state index in [2.05, 4.69) is 5.32 Å². The molecule has 1 aromatic carbocycles. The van der Waals surface area contributed by atoms with Crippen LogP contribution in [0.25, 0.3) is 0 Å². The van der Waals surface area contributed by atoms with Gasteiger partial charge < -0.3 is 10.4 Å². The van der Waals surface area contributed by atoms with Gasteiger partial charge in [0.05, 0.1) is 0 Å². The van der Waals surface area contributed by atoms with Gasteiger partial charge in [-0.2, -0.15) is 0 Å². The number of rotatable bonds is 5. The molecule has 0 radical (unpaired) electrons. The molecule has 2 N–H and O–H groups in total. The average molecular weight is 267 g/mol. The van der Waals surface area contributed by atoms with Crippen molar-refractivity contribution in [2.45, 2.75) is 45.6 Å². The topological polar surface area (TPSA) is 49.3 Å². The van der Waals surface area contributed by atoms with Crippen molar-refractivity contribution in [3.8, 4) is 0 Å². The summed E-state index contributed by atoms with van der Waals surface area (Å²) < 4.78 is 13.3. The van der Waals surface area contributed by atoms with Crippen molar-refractivity contribution >= 4 is 5.97 Å². The molecule has 0 bridgehead atoms. The molecule has 0 aliphatic rings. The Morgan fingerprint density at radius 1 is 1.32 bits per heavy atom. The number of aliphatic carboxylic acids is 1. The van der Waals surface area contributed by atoms with Crippen LogP contribution < -0.4 is 5.32 Å². The van der Waals surface area contributed by atoms with Gasteiger partial charge in [-0.25, -0.2) is 4.39 Å². The van der Waals surface area contributed by atoms with E-state index in [-0.39, 0.29) is 11.2 Å². The van der Waals surface area contributed by atoms with Crippen molar-refractivity contribution < 1.29 is 14.3 Å². The van der Waals surface area contributed by atoms with Crippen molar-refractivity contribution in [1.29, 1.82) is 0 Å². The van der Waals surface area contributed by atoms with Gasteiger partial charge in [0.25, 0.3) is 0 Å². The molecule has 0 spiro atoms. The number of carboxylic acid groups (broad SMARTS) is 1. The maximum atomic E-state index is 13.3. The van der Waals surface area contributed by atoms with Gasteiger partial charge in [-0.15, -0.1) is 0 Å². The molecule has 1 rings (SSSR count). The Balaban J connectivity index is 2.86. The number of nitrogens with one attached hydrogen (secondary N) is 1. The molecule has 1 aromatic rings. The zero-order chi connectivity index (χ0) is 14.8. The van der Waals surface area contributed by atoms with Crippen molar-refractivity contribution in [2.24, 2.45) is 0 Å². The summed E-state index contributed by atoms with van der Waals surface area (Å²) in [6.07, 6.45) is 0. The van der Waals surface area contributed by atoms with Gasteiger partial charge >= 0.3 is 5.97 Å². The van der Waals surface area contributed by atoms with Crippen LogP contribution in [0.1, 0.15) is 38.8 Å². The lowest BCUT2D eigenvalue weighted by molar-refractivity contribution is -0.143. The standard InChI is InChI=1S/C15H22FNO2/c1-10-8-11(6-7-12(10)16)14(2,3)9-17-15(4,5)13(18)19/h6-8,17H,9H2,1-5H3,(H,18,19). The molecule has 0 aromatic heterocycles. The van der Waals surface area contributed by atoms with Crippen molar-refractivity contribution in [1.82, 2.24) is 5.32 Å². The molecular formula is C15H22FNO2. The number of carbonyl (C=O) groups is 1. The summed E-state index contributed by atoms with van der Waals surface area (Å²) in [6.45, 7) is 9.48. The van der Waals surface area contributed by atoms with Gasteiger partial charge in [-0.1, -0.05) is 26.0 Å². The summed E-state index contributed by atoms with van der Waals surface area (Å²) in [6, 6.07) is 5.01. The van der Waals surface area contributed by atoms with Gasteiger partial charge in [0.1, 0.15) is 11.4 Å². The van der Waals surface area contributed by atoms with E-state index in [0.717, 1.165) is 5.56 Å². The minimum Gasteiger partial charge on any atom is -0.480 e. The van der Waals surface area contributed by atoms with E-state index in [9.17, 15) is 9.18 Å². The van der Waals surface area contributed by atoms with Crippen LogP contribution in [0.15, 0.2) is 18.2 Å². The quantitative estimate of drug-likeness (QED) is 0.862. The number of hydrogen-bond acceptors (Lipinski definition) is 2. The zero-order valence-electron chi connectivity index (χ0n) is 12.2. The lowest BCUT2D eigenvalue weighted by Crippen LogP contribution is -2.50. The molecule has 0 amide bonds. The molecule has 0 saturated heterocycles. The number of benzene rings is 1. The highest BCUT2D eigenvalue weighted by atomic mass is 19.1. The normalized spacial score (nSPS) is 12.5. The van der Waals surface area contributed by atoms with Crippen LogP contribution in [0.5, 0.6) is 0 Å². The monoisotopic (exact) mass is 267 g/mol. The molecule has 0 unspecified atom stereocenters. The van der Waals surface area contributed by atoms with Crippen LogP contribution in [0.3, 0.4) is 0 Å². The highest BCUT2D eigenvalue weighted by Crippen LogP contribution is 2.25. The second kappa shape index (κ2) is 5.29. The minimum atomic E-state index is -0.980. The molecule has 0 heterocycles. The molecule has 19 heavy (non-hydrogen) atoms. The summed E-state index contributed by atoms with van der Waals surface area (Å²) >= 11 is 0. The predicted molar refractivity (Wildman–Crippen MR) is 73.9 cm³/mol. The van der Waals surface area contributed by atoms with Crippen molar-refractivity contribution in [3.63, 3.8) is 0 Å². The van der Waals surface area contributed by atoms with Gasteiger partial charge in [-0.3, -0.25) is 4.79 Å². The van der Waals surface area contributed by atoms with Gasteiger partial charge in [0.2, 0.25) is 0 Å².